The molecule has 0 radical (unpaired) electrons. The first-order valence-corrected chi connectivity index (χ1v) is 10.6. The number of carboxylic acids is 1. The SMILES string of the molecule is CO[C@@H]1O[C@H](CO)[C@@H](O[C@@H]2O[C@H](CO)[C@H](O)[C@H](SC(CCO)C(=O)O)[C@H]2O)[C@H](O)[C@H]1O. The van der Waals surface area contributed by atoms with Gasteiger partial charge in [0, 0.05) is 13.7 Å². The zero-order chi connectivity index (χ0) is 23.3. The maximum Gasteiger partial charge on any atom is 0.316 e. The molecular formula is C17H30O13S. The van der Waals surface area contributed by atoms with Gasteiger partial charge in [0.1, 0.15) is 41.9 Å². The van der Waals surface area contributed by atoms with E-state index in [1.54, 1.807) is 0 Å². The Bertz CT molecular complexity index is 566. The van der Waals surface area contributed by atoms with Gasteiger partial charge in [-0.3, -0.25) is 4.79 Å². The van der Waals surface area contributed by atoms with Crippen molar-refractivity contribution < 1.29 is 64.6 Å². The van der Waals surface area contributed by atoms with Crippen molar-refractivity contribution in [3.8, 4) is 0 Å². The highest BCUT2D eigenvalue weighted by Gasteiger charge is 2.51. The topological polar surface area (TPSA) is 216 Å². The van der Waals surface area contributed by atoms with Crippen LogP contribution in [-0.2, 0) is 23.7 Å². The fourth-order valence-corrected chi connectivity index (χ4v) is 4.82. The summed E-state index contributed by atoms with van der Waals surface area (Å²) in [4.78, 5) is 11.4. The van der Waals surface area contributed by atoms with Crippen molar-refractivity contribution in [3.05, 3.63) is 0 Å². The Balaban J connectivity index is 2.21. The molecular weight excluding hydrogens is 444 g/mol. The molecule has 0 aromatic heterocycles. The molecule has 14 heteroatoms. The Labute approximate surface area is 182 Å². The van der Waals surface area contributed by atoms with Gasteiger partial charge in [0.2, 0.25) is 0 Å². The van der Waals surface area contributed by atoms with Crippen LogP contribution in [-0.4, -0.2) is 140 Å². The van der Waals surface area contributed by atoms with E-state index in [-0.39, 0.29) is 6.42 Å². The summed E-state index contributed by atoms with van der Waals surface area (Å²) in [6.07, 6.45) is -13.1. The van der Waals surface area contributed by atoms with E-state index in [1.165, 1.54) is 7.11 Å². The van der Waals surface area contributed by atoms with E-state index in [0.29, 0.717) is 11.8 Å². The number of methoxy groups -OCH3 is 1. The van der Waals surface area contributed by atoms with Crippen molar-refractivity contribution in [2.45, 2.75) is 72.2 Å². The highest BCUT2D eigenvalue weighted by Crippen LogP contribution is 2.36. The van der Waals surface area contributed by atoms with Crippen LogP contribution in [0.2, 0.25) is 0 Å². The van der Waals surface area contributed by atoms with Crippen LogP contribution < -0.4 is 0 Å². The lowest BCUT2D eigenvalue weighted by atomic mass is 9.98. The fourth-order valence-electron chi connectivity index (χ4n) is 3.45. The lowest BCUT2D eigenvalue weighted by Gasteiger charge is -2.46. The highest BCUT2D eigenvalue weighted by atomic mass is 32.2. The molecule has 2 fully saturated rings. The quantitative estimate of drug-likeness (QED) is 0.151. The predicted octanol–water partition coefficient (Wildman–Crippen LogP) is -4.17. The Morgan fingerprint density at radius 2 is 1.55 bits per heavy atom. The number of thioether (sulfide) groups is 1. The van der Waals surface area contributed by atoms with Crippen LogP contribution in [0.4, 0.5) is 0 Å². The zero-order valence-corrected chi connectivity index (χ0v) is 17.5. The average molecular weight is 474 g/mol. The number of hydrogen-bond acceptors (Lipinski definition) is 13. The first kappa shape index (κ1) is 26.6. The van der Waals surface area contributed by atoms with Gasteiger partial charge in [-0.05, 0) is 6.42 Å². The van der Waals surface area contributed by atoms with Gasteiger partial charge in [-0.2, -0.15) is 0 Å². The molecule has 0 spiro atoms. The monoisotopic (exact) mass is 474 g/mol. The van der Waals surface area contributed by atoms with Gasteiger partial charge in [0.15, 0.2) is 12.6 Å². The third-order valence-corrected chi connectivity index (χ3v) is 6.79. The minimum atomic E-state index is -1.63. The van der Waals surface area contributed by atoms with Crippen LogP contribution in [0, 0.1) is 0 Å². The van der Waals surface area contributed by atoms with Gasteiger partial charge in [-0.1, -0.05) is 0 Å². The average Bonchev–Trinajstić information content (AvgIpc) is 2.75. The van der Waals surface area contributed by atoms with Crippen molar-refractivity contribution in [2.75, 3.05) is 26.9 Å². The Hall–Kier alpha value is -0.620. The molecule has 2 saturated heterocycles. The van der Waals surface area contributed by atoms with Crippen molar-refractivity contribution in [2.24, 2.45) is 0 Å². The summed E-state index contributed by atoms with van der Waals surface area (Å²) in [5, 5.41) is 76.8. The normalized spacial score (nSPS) is 42.3. The van der Waals surface area contributed by atoms with E-state index in [2.05, 4.69) is 0 Å². The van der Waals surface area contributed by atoms with Crippen molar-refractivity contribution in [1.82, 2.24) is 0 Å². The standard InChI is InChI=1S/C17H30O13S/c1-27-16-11(23)10(22)13(7(5-20)29-16)30-17-12(24)14(9(21)6(4-19)28-17)31-8(2-3-18)15(25)26/h6-14,16-24H,2-5H2,1H3,(H,25,26)/t6-,7-,8?,9+,10-,11-,12-,13-,14+,16-,17+/m1/s1. The molecule has 0 aromatic rings. The molecule has 0 aliphatic carbocycles. The summed E-state index contributed by atoms with van der Waals surface area (Å²) in [7, 11) is 1.23. The number of carboxylic acid groups (broad SMARTS) is 1. The lowest BCUT2D eigenvalue weighted by molar-refractivity contribution is -0.345. The first-order valence-electron chi connectivity index (χ1n) is 9.62. The number of hydrogen-bond donors (Lipinski definition) is 8. The minimum Gasteiger partial charge on any atom is -0.480 e. The molecule has 11 atom stereocenters. The summed E-state index contributed by atoms with van der Waals surface area (Å²) in [6, 6.07) is 0. The molecule has 13 nitrogen and oxygen atoms in total. The Kier molecular flexibility index (Phi) is 10.3. The largest absolute Gasteiger partial charge is 0.480 e. The summed E-state index contributed by atoms with van der Waals surface area (Å²) in [5.41, 5.74) is 0. The molecule has 0 bridgehead atoms. The zero-order valence-electron chi connectivity index (χ0n) is 16.7. The number of aliphatic carboxylic acids is 1. The summed E-state index contributed by atoms with van der Waals surface area (Å²) in [5.74, 6) is -1.27. The van der Waals surface area contributed by atoms with Crippen LogP contribution in [0.3, 0.4) is 0 Å². The van der Waals surface area contributed by atoms with Crippen molar-refractivity contribution in [1.29, 1.82) is 0 Å². The van der Waals surface area contributed by atoms with E-state index < -0.39 is 91.6 Å². The van der Waals surface area contributed by atoms with Gasteiger partial charge in [0.25, 0.3) is 0 Å². The summed E-state index contributed by atoms with van der Waals surface area (Å²) < 4.78 is 21.2. The van der Waals surface area contributed by atoms with Crippen LogP contribution in [0.5, 0.6) is 0 Å². The van der Waals surface area contributed by atoms with Crippen LogP contribution in [0.25, 0.3) is 0 Å². The molecule has 2 aliphatic heterocycles. The van der Waals surface area contributed by atoms with E-state index in [4.69, 9.17) is 24.1 Å². The van der Waals surface area contributed by atoms with E-state index in [9.17, 15) is 40.5 Å². The molecule has 31 heavy (non-hydrogen) atoms. The molecule has 2 aliphatic rings. The number of carbonyl (C=O) groups is 1. The second-order valence-corrected chi connectivity index (χ2v) is 8.58. The summed E-state index contributed by atoms with van der Waals surface area (Å²) >= 11 is 0.668. The third-order valence-electron chi connectivity index (χ3n) is 5.15. The van der Waals surface area contributed by atoms with E-state index in [0.717, 1.165) is 0 Å². The number of ether oxygens (including phenoxy) is 4. The highest BCUT2D eigenvalue weighted by molar-refractivity contribution is 8.01. The third kappa shape index (κ3) is 6.04. The molecule has 0 amide bonds. The van der Waals surface area contributed by atoms with Gasteiger partial charge in [0.05, 0.1) is 24.6 Å². The maximum absolute atomic E-state index is 11.4. The fraction of sp³-hybridized carbons (Fsp3) is 0.941. The summed E-state index contributed by atoms with van der Waals surface area (Å²) in [6.45, 7) is -1.77. The van der Waals surface area contributed by atoms with Crippen molar-refractivity contribution >= 4 is 17.7 Å². The van der Waals surface area contributed by atoms with Gasteiger partial charge >= 0.3 is 5.97 Å². The molecule has 8 N–H and O–H groups in total. The minimum absolute atomic E-state index is 0.154. The number of rotatable bonds is 10. The van der Waals surface area contributed by atoms with Crippen LogP contribution in [0.1, 0.15) is 6.42 Å². The molecule has 2 heterocycles. The second-order valence-electron chi connectivity index (χ2n) is 7.19. The van der Waals surface area contributed by atoms with Gasteiger partial charge < -0.3 is 59.8 Å². The van der Waals surface area contributed by atoms with Crippen LogP contribution >= 0.6 is 11.8 Å². The first-order chi connectivity index (χ1) is 14.7. The second kappa shape index (κ2) is 12.0. The van der Waals surface area contributed by atoms with Gasteiger partial charge in [-0.25, -0.2) is 0 Å². The van der Waals surface area contributed by atoms with Crippen LogP contribution in [0.15, 0.2) is 0 Å². The molecule has 0 aromatic carbocycles. The molecule has 1 unspecified atom stereocenters. The molecule has 182 valence electrons. The van der Waals surface area contributed by atoms with E-state index >= 15 is 0 Å². The number of aliphatic hydroxyl groups is 7. The number of aliphatic hydroxyl groups excluding tert-OH is 7. The predicted molar refractivity (Wildman–Crippen MR) is 102 cm³/mol. The lowest BCUT2D eigenvalue weighted by Crippen LogP contribution is -2.64. The molecule has 2 rings (SSSR count). The molecule has 0 saturated carbocycles. The van der Waals surface area contributed by atoms with E-state index in [1.807, 2.05) is 0 Å². The maximum atomic E-state index is 11.4. The van der Waals surface area contributed by atoms with Gasteiger partial charge in [-0.15, -0.1) is 11.8 Å². The Morgan fingerprint density at radius 3 is 2.06 bits per heavy atom. The smallest absolute Gasteiger partial charge is 0.316 e. The van der Waals surface area contributed by atoms with Crippen molar-refractivity contribution in [3.63, 3.8) is 0 Å². The Morgan fingerprint density at radius 1 is 0.935 bits per heavy atom.